The molecule has 4 rings (SSSR count). The van der Waals surface area contributed by atoms with Gasteiger partial charge < -0.3 is 24.1 Å². The van der Waals surface area contributed by atoms with E-state index in [1.165, 1.54) is 7.11 Å². The Kier molecular flexibility index (Phi) is 5.53. The third kappa shape index (κ3) is 3.79. The summed E-state index contributed by atoms with van der Waals surface area (Å²) in [5.41, 5.74) is 3.32. The molecule has 2 aromatic heterocycles. The minimum atomic E-state index is -0.292. The van der Waals surface area contributed by atoms with Crippen LogP contribution >= 0.6 is 0 Å². The first kappa shape index (κ1) is 20.3. The number of rotatable bonds is 7. The molecule has 0 spiro atoms. The second kappa shape index (κ2) is 8.43. The number of aryl methyl sites for hydroxylation is 1. The predicted octanol–water partition coefficient (Wildman–Crippen LogP) is 4.33. The zero-order valence-electron chi connectivity index (χ0n) is 17.9. The number of carbonyl (C=O) groups is 1. The van der Waals surface area contributed by atoms with Crippen LogP contribution in [0.3, 0.4) is 0 Å². The summed E-state index contributed by atoms with van der Waals surface area (Å²) >= 11 is 0. The Morgan fingerprint density at radius 3 is 2.52 bits per heavy atom. The number of nitrogens with zero attached hydrogens (tertiary/aromatic N) is 2. The number of benzene rings is 2. The number of aromatic nitrogens is 3. The number of hydrogen-bond donors (Lipinski definition) is 2. The van der Waals surface area contributed by atoms with Gasteiger partial charge in [0.15, 0.2) is 17.3 Å². The number of H-pyrrole nitrogens is 1. The van der Waals surface area contributed by atoms with Crippen molar-refractivity contribution in [2.24, 2.45) is 0 Å². The van der Waals surface area contributed by atoms with Crippen molar-refractivity contribution in [1.82, 2.24) is 14.8 Å². The highest BCUT2D eigenvalue weighted by Gasteiger charge is 2.15. The Morgan fingerprint density at radius 1 is 1.00 bits per heavy atom. The Labute approximate surface area is 179 Å². The molecule has 0 radical (unpaired) electrons. The fraction of sp³-hybridized carbons (Fsp3) is 0.217. The maximum atomic E-state index is 12.7. The van der Waals surface area contributed by atoms with E-state index in [9.17, 15) is 4.79 Å². The molecule has 0 aliphatic heterocycles. The molecule has 0 aliphatic carbocycles. The molecule has 160 valence electrons. The highest BCUT2D eigenvalue weighted by molar-refractivity contribution is 6.04. The van der Waals surface area contributed by atoms with E-state index in [2.05, 4.69) is 33.1 Å². The van der Waals surface area contributed by atoms with Crippen molar-refractivity contribution >= 4 is 22.6 Å². The highest BCUT2D eigenvalue weighted by atomic mass is 16.5. The Bertz CT molecular complexity index is 1240. The average Bonchev–Trinajstić information content (AvgIpc) is 3.41. The number of ether oxygens (including phenoxy) is 3. The molecule has 2 heterocycles. The third-order valence-corrected chi connectivity index (χ3v) is 5.17. The number of amides is 1. The van der Waals surface area contributed by atoms with Crippen LogP contribution in [-0.2, 0) is 6.54 Å². The standard InChI is InChI=1S/C23H24N4O4/c1-5-27-18-8-7-16(29-2)10-15(18)11-19(27)17-13-22(26-25-17)24-23(28)14-6-9-20(30-3)21(12-14)31-4/h6-13H,5H2,1-4H3,(H2,24,25,26,28). The van der Waals surface area contributed by atoms with Gasteiger partial charge in [0.25, 0.3) is 5.91 Å². The normalized spacial score (nSPS) is 10.8. The summed E-state index contributed by atoms with van der Waals surface area (Å²) in [5, 5.41) is 11.2. The molecular formula is C23H24N4O4. The van der Waals surface area contributed by atoms with Gasteiger partial charge in [0, 0.05) is 29.1 Å². The molecule has 2 aromatic carbocycles. The first-order valence-corrected chi connectivity index (χ1v) is 9.84. The highest BCUT2D eigenvalue weighted by Crippen LogP contribution is 2.31. The van der Waals surface area contributed by atoms with Crippen LogP contribution in [0.25, 0.3) is 22.3 Å². The lowest BCUT2D eigenvalue weighted by atomic mass is 10.2. The van der Waals surface area contributed by atoms with Crippen LogP contribution in [0.2, 0.25) is 0 Å². The summed E-state index contributed by atoms with van der Waals surface area (Å²) in [6, 6.07) is 14.9. The predicted molar refractivity (Wildman–Crippen MR) is 119 cm³/mol. The summed E-state index contributed by atoms with van der Waals surface area (Å²) in [4.78, 5) is 12.7. The maximum absolute atomic E-state index is 12.7. The van der Waals surface area contributed by atoms with Crippen molar-refractivity contribution in [2.45, 2.75) is 13.5 Å². The van der Waals surface area contributed by atoms with Crippen LogP contribution in [-0.4, -0.2) is 42.0 Å². The van der Waals surface area contributed by atoms with Crippen molar-refractivity contribution in [3.8, 4) is 28.6 Å². The molecule has 31 heavy (non-hydrogen) atoms. The van der Waals surface area contributed by atoms with Gasteiger partial charge in [0.2, 0.25) is 0 Å². The lowest BCUT2D eigenvalue weighted by Gasteiger charge is -2.09. The number of aromatic amines is 1. The Morgan fingerprint density at radius 2 is 1.81 bits per heavy atom. The Balaban J connectivity index is 1.61. The van der Waals surface area contributed by atoms with Crippen molar-refractivity contribution in [1.29, 1.82) is 0 Å². The van der Waals surface area contributed by atoms with E-state index in [1.807, 2.05) is 24.3 Å². The summed E-state index contributed by atoms with van der Waals surface area (Å²) < 4.78 is 18.0. The summed E-state index contributed by atoms with van der Waals surface area (Å²) in [6.07, 6.45) is 0. The fourth-order valence-corrected chi connectivity index (χ4v) is 3.62. The van der Waals surface area contributed by atoms with Gasteiger partial charge in [0.05, 0.1) is 32.7 Å². The van der Waals surface area contributed by atoms with Crippen LogP contribution in [0.5, 0.6) is 17.2 Å². The number of anilines is 1. The van der Waals surface area contributed by atoms with Gasteiger partial charge in [-0.2, -0.15) is 5.10 Å². The minimum Gasteiger partial charge on any atom is -0.497 e. The van der Waals surface area contributed by atoms with E-state index in [4.69, 9.17) is 14.2 Å². The summed E-state index contributed by atoms with van der Waals surface area (Å²) in [7, 11) is 4.73. The number of hydrogen-bond acceptors (Lipinski definition) is 5. The Hall–Kier alpha value is -3.94. The monoisotopic (exact) mass is 420 g/mol. The van der Waals surface area contributed by atoms with Gasteiger partial charge >= 0.3 is 0 Å². The third-order valence-electron chi connectivity index (χ3n) is 5.17. The first-order chi connectivity index (χ1) is 15.1. The summed E-state index contributed by atoms with van der Waals surface area (Å²) in [6.45, 7) is 2.88. The number of carbonyl (C=O) groups excluding carboxylic acids is 1. The molecule has 0 saturated heterocycles. The molecule has 2 N–H and O–H groups in total. The molecule has 0 fully saturated rings. The van der Waals surface area contributed by atoms with Crippen LogP contribution in [0, 0.1) is 0 Å². The molecule has 0 unspecified atom stereocenters. The van der Waals surface area contributed by atoms with Gasteiger partial charge in [0.1, 0.15) is 5.75 Å². The van der Waals surface area contributed by atoms with Gasteiger partial charge in [-0.05, 0) is 49.4 Å². The zero-order chi connectivity index (χ0) is 22.0. The molecule has 0 atom stereocenters. The van der Waals surface area contributed by atoms with Crippen LogP contribution < -0.4 is 19.5 Å². The topological polar surface area (TPSA) is 90.4 Å². The van der Waals surface area contributed by atoms with E-state index in [-0.39, 0.29) is 5.91 Å². The number of fused-ring (bicyclic) bond motifs is 1. The smallest absolute Gasteiger partial charge is 0.257 e. The van der Waals surface area contributed by atoms with E-state index < -0.39 is 0 Å². The second-order valence-electron chi connectivity index (χ2n) is 6.89. The lowest BCUT2D eigenvalue weighted by Crippen LogP contribution is -2.12. The number of nitrogens with one attached hydrogen (secondary N) is 2. The van der Waals surface area contributed by atoms with Crippen LogP contribution in [0.4, 0.5) is 5.82 Å². The van der Waals surface area contributed by atoms with Crippen LogP contribution in [0.1, 0.15) is 17.3 Å². The van der Waals surface area contributed by atoms with Crippen molar-refractivity contribution in [3.05, 3.63) is 54.1 Å². The quantitative estimate of drug-likeness (QED) is 0.464. The van der Waals surface area contributed by atoms with Crippen LogP contribution in [0.15, 0.2) is 48.5 Å². The average molecular weight is 420 g/mol. The summed E-state index contributed by atoms with van der Waals surface area (Å²) in [5.74, 6) is 1.99. The van der Waals surface area contributed by atoms with Gasteiger partial charge in [-0.25, -0.2) is 0 Å². The minimum absolute atomic E-state index is 0.292. The SMILES string of the molecule is CCn1c(-c2cc(NC(=O)c3ccc(OC)c(OC)c3)n[nH]2)cc2cc(OC)ccc21. The van der Waals surface area contributed by atoms with Crippen molar-refractivity contribution in [3.63, 3.8) is 0 Å². The molecular weight excluding hydrogens is 396 g/mol. The lowest BCUT2D eigenvalue weighted by molar-refractivity contribution is 0.102. The molecule has 0 bridgehead atoms. The zero-order valence-corrected chi connectivity index (χ0v) is 17.9. The number of methoxy groups -OCH3 is 3. The maximum Gasteiger partial charge on any atom is 0.257 e. The van der Waals surface area contributed by atoms with E-state index in [1.54, 1.807) is 32.4 Å². The van der Waals surface area contributed by atoms with E-state index in [0.717, 1.165) is 34.6 Å². The van der Waals surface area contributed by atoms with E-state index in [0.29, 0.717) is 22.9 Å². The molecule has 0 saturated carbocycles. The van der Waals surface area contributed by atoms with Gasteiger partial charge in [-0.15, -0.1) is 0 Å². The van der Waals surface area contributed by atoms with E-state index >= 15 is 0 Å². The van der Waals surface area contributed by atoms with Gasteiger partial charge in [-0.3, -0.25) is 9.89 Å². The molecule has 4 aromatic rings. The molecule has 1 amide bonds. The molecule has 0 aliphatic rings. The molecule has 8 heteroatoms. The second-order valence-corrected chi connectivity index (χ2v) is 6.89. The van der Waals surface area contributed by atoms with Crippen molar-refractivity contribution in [2.75, 3.05) is 26.6 Å². The molecule has 8 nitrogen and oxygen atoms in total. The fourth-order valence-electron chi connectivity index (χ4n) is 3.62. The van der Waals surface area contributed by atoms with Crippen molar-refractivity contribution < 1.29 is 19.0 Å². The first-order valence-electron chi connectivity index (χ1n) is 9.84. The van der Waals surface area contributed by atoms with Gasteiger partial charge in [-0.1, -0.05) is 0 Å². The largest absolute Gasteiger partial charge is 0.497 e.